The minimum atomic E-state index is -3.54. The second kappa shape index (κ2) is 17.3. The largest absolute Gasteiger partial charge is 0.465 e. The third-order valence-electron chi connectivity index (χ3n) is 13.0. The molecular formula is C43H58FN7O5S. The van der Waals surface area contributed by atoms with Gasteiger partial charge in [-0.1, -0.05) is 31.6 Å². The highest BCUT2D eigenvalue weighted by Gasteiger charge is 2.52. The number of hydrogen-bond donors (Lipinski definition) is 2. The highest BCUT2D eigenvalue weighted by atomic mass is 32.2. The number of anilines is 1. The van der Waals surface area contributed by atoms with Crippen LogP contribution < -0.4 is 10.2 Å². The summed E-state index contributed by atoms with van der Waals surface area (Å²) in [5, 5.41) is 12.1. The fourth-order valence-electron chi connectivity index (χ4n) is 10.1. The van der Waals surface area contributed by atoms with Crippen molar-refractivity contribution >= 4 is 27.5 Å². The Morgan fingerprint density at radius 1 is 1.04 bits per heavy atom. The zero-order valence-electron chi connectivity index (χ0n) is 33.5. The highest BCUT2D eigenvalue weighted by molar-refractivity contribution is 7.92. The fraction of sp³-hybridized carbons (Fsp3) is 0.558. The van der Waals surface area contributed by atoms with Crippen molar-refractivity contribution in [2.24, 2.45) is 17.8 Å². The molecule has 1 saturated carbocycles. The van der Waals surface area contributed by atoms with Crippen molar-refractivity contribution in [3.8, 4) is 0 Å². The summed E-state index contributed by atoms with van der Waals surface area (Å²) >= 11 is 0. The van der Waals surface area contributed by atoms with E-state index in [0.29, 0.717) is 23.9 Å². The molecule has 3 aromatic rings. The molecule has 3 saturated heterocycles. The summed E-state index contributed by atoms with van der Waals surface area (Å²) in [7, 11) is 0.306. The Morgan fingerprint density at radius 3 is 2.44 bits per heavy atom. The van der Waals surface area contributed by atoms with E-state index in [2.05, 4.69) is 37.7 Å². The molecular weight excluding hydrogens is 746 g/mol. The number of imidazole rings is 1. The number of benzene rings is 2. The molecule has 14 heteroatoms. The Morgan fingerprint density at radius 2 is 1.77 bits per heavy atom. The number of aromatic nitrogens is 2. The molecule has 0 unspecified atom stereocenters. The van der Waals surface area contributed by atoms with Crippen molar-refractivity contribution < 1.29 is 27.5 Å². The Labute approximate surface area is 336 Å². The molecule has 2 N–H and O–H groups in total. The van der Waals surface area contributed by atoms with Crippen molar-refractivity contribution in [3.63, 3.8) is 0 Å². The number of rotatable bonds is 15. The van der Waals surface area contributed by atoms with Crippen molar-refractivity contribution in [2.45, 2.75) is 73.6 Å². The third kappa shape index (κ3) is 8.78. The summed E-state index contributed by atoms with van der Waals surface area (Å²) in [4.78, 5) is 37.7. The SMILES string of the molecule is CCc1nccn1C[C@@](c1cccc(F)c1)(C1CCN(CC2CN(c3ccc(S(=O)(=O)C4CN(C(=O)/C=C/CN(C)C)C4)cc3)C2)CC1)[C@H]1CCC[C@@H]1NC(=O)O. The van der Waals surface area contributed by atoms with Crippen LogP contribution in [0.3, 0.4) is 0 Å². The first-order valence-electron chi connectivity index (χ1n) is 20.5. The molecule has 4 fully saturated rings. The molecule has 4 heterocycles. The zero-order valence-corrected chi connectivity index (χ0v) is 34.3. The van der Waals surface area contributed by atoms with E-state index in [-0.39, 0.29) is 42.7 Å². The minimum Gasteiger partial charge on any atom is -0.465 e. The van der Waals surface area contributed by atoms with E-state index in [1.807, 2.05) is 43.5 Å². The lowest BCUT2D eigenvalue weighted by molar-refractivity contribution is -0.129. The average molecular weight is 804 g/mol. The smallest absolute Gasteiger partial charge is 0.404 e. The van der Waals surface area contributed by atoms with Gasteiger partial charge in [-0.15, -0.1) is 0 Å². The number of carbonyl (C=O) groups is 2. The molecule has 308 valence electrons. The van der Waals surface area contributed by atoms with Crippen LogP contribution in [0.25, 0.3) is 0 Å². The van der Waals surface area contributed by atoms with Gasteiger partial charge in [0.15, 0.2) is 9.84 Å². The number of halogens is 1. The van der Waals surface area contributed by atoms with Crippen LogP contribution in [0.1, 0.15) is 50.4 Å². The van der Waals surface area contributed by atoms with Crippen molar-refractivity contribution in [2.75, 3.05) is 71.4 Å². The van der Waals surface area contributed by atoms with E-state index in [0.717, 1.165) is 88.3 Å². The first-order chi connectivity index (χ1) is 27.4. The second-order valence-corrected chi connectivity index (χ2v) is 19.1. The normalized spacial score (nSPS) is 22.5. The summed E-state index contributed by atoms with van der Waals surface area (Å²) in [6.07, 6.45) is 11.3. The van der Waals surface area contributed by atoms with Gasteiger partial charge in [-0.05, 0) is 107 Å². The van der Waals surface area contributed by atoms with Crippen LogP contribution in [0.4, 0.5) is 14.9 Å². The summed E-state index contributed by atoms with van der Waals surface area (Å²) in [5.41, 5.74) is 1.46. The molecule has 0 bridgehead atoms. The van der Waals surface area contributed by atoms with Gasteiger partial charge in [0.05, 0.1) is 4.90 Å². The molecule has 0 spiro atoms. The van der Waals surface area contributed by atoms with Gasteiger partial charge in [0.25, 0.3) is 0 Å². The maximum absolute atomic E-state index is 15.1. The molecule has 3 atom stereocenters. The third-order valence-corrected chi connectivity index (χ3v) is 15.2. The number of amides is 2. The Kier molecular flexibility index (Phi) is 12.4. The number of carbonyl (C=O) groups excluding carboxylic acids is 1. The summed E-state index contributed by atoms with van der Waals surface area (Å²) < 4.78 is 44.0. The van der Waals surface area contributed by atoms with Gasteiger partial charge in [0.1, 0.15) is 16.9 Å². The lowest BCUT2D eigenvalue weighted by Crippen LogP contribution is -2.56. The Balaban J connectivity index is 0.975. The van der Waals surface area contributed by atoms with Crippen LogP contribution >= 0.6 is 0 Å². The predicted octanol–water partition coefficient (Wildman–Crippen LogP) is 4.91. The molecule has 2 aromatic carbocycles. The molecule has 1 aliphatic carbocycles. The first-order valence-corrected chi connectivity index (χ1v) is 22.1. The number of nitrogens with one attached hydrogen (secondary N) is 1. The van der Waals surface area contributed by atoms with Crippen LogP contribution in [0.2, 0.25) is 0 Å². The van der Waals surface area contributed by atoms with E-state index in [1.165, 1.54) is 12.1 Å². The Hall–Kier alpha value is -4.27. The van der Waals surface area contributed by atoms with Gasteiger partial charge < -0.3 is 34.6 Å². The first kappa shape index (κ1) is 40.9. The summed E-state index contributed by atoms with van der Waals surface area (Å²) in [5.74, 6) is 1.25. The minimum absolute atomic E-state index is 0.00807. The van der Waals surface area contributed by atoms with Gasteiger partial charge in [-0.3, -0.25) is 4.79 Å². The summed E-state index contributed by atoms with van der Waals surface area (Å²) in [6, 6.07) is 14.0. The molecule has 3 aliphatic heterocycles. The number of nitrogens with zero attached hydrogens (tertiary/aromatic N) is 6. The van der Waals surface area contributed by atoms with Crippen LogP contribution in [0.5, 0.6) is 0 Å². The average Bonchev–Trinajstić information content (AvgIpc) is 3.80. The van der Waals surface area contributed by atoms with Gasteiger partial charge in [-0.2, -0.15) is 0 Å². The predicted molar refractivity (Wildman–Crippen MR) is 219 cm³/mol. The molecule has 4 aliphatic rings. The molecule has 12 nitrogen and oxygen atoms in total. The van der Waals surface area contributed by atoms with Crippen LogP contribution in [0, 0.1) is 23.6 Å². The van der Waals surface area contributed by atoms with Gasteiger partial charge >= 0.3 is 6.09 Å². The number of likely N-dealkylation sites (N-methyl/N-ethyl adjacent to an activating group) is 1. The number of aryl methyl sites for hydroxylation is 1. The number of hydrogen-bond acceptors (Lipinski definition) is 8. The van der Waals surface area contributed by atoms with Crippen molar-refractivity contribution in [3.05, 3.63) is 90.3 Å². The quantitative estimate of drug-likeness (QED) is 0.206. The lowest BCUT2D eigenvalue weighted by Gasteiger charge is -2.51. The molecule has 2 amide bonds. The lowest BCUT2D eigenvalue weighted by atomic mass is 9.58. The molecule has 1 aromatic heterocycles. The number of sulfone groups is 1. The molecule has 7 rings (SSSR count). The van der Waals surface area contributed by atoms with E-state index < -0.39 is 26.6 Å². The molecule has 57 heavy (non-hydrogen) atoms. The highest BCUT2D eigenvalue weighted by Crippen LogP contribution is 2.52. The molecule has 0 radical (unpaired) electrons. The van der Waals surface area contributed by atoms with Crippen LogP contribution in [-0.2, 0) is 33.0 Å². The number of likely N-dealkylation sites (tertiary alicyclic amines) is 2. The van der Waals surface area contributed by atoms with Gasteiger partial charge in [-0.25, -0.2) is 22.6 Å². The monoisotopic (exact) mass is 803 g/mol. The van der Waals surface area contributed by atoms with Crippen LogP contribution in [0.15, 0.2) is 78.0 Å². The van der Waals surface area contributed by atoms with Gasteiger partial charge in [0.2, 0.25) is 5.91 Å². The topological polar surface area (TPSA) is 131 Å². The second-order valence-electron chi connectivity index (χ2n) is 16.9. The maximum atomic E-state index is 15.1. The van der Waals surface area contributed by atoms with E-state index in [9.17, 15) is 23.1 Å². The number of piperidine rings is 1. The van der Waals surface area contributed by atoms with Crippen LogP contribution in [-0.4, -0.2) is 128 Å². The van der Waals surface area contributed by atoms with Gasteiger partial charge in [0, 0.05) is 93.8 Å². The standard InChI is InChI=1S/C43H58FN7O5S/c1-4-40-45-19-23-49(40)30-43(33-8-5-9-34(44)24-33,38-10-6-11-39(38)46-42(53)54)32-17-21-48(22-18-32)25-31-26-50(27-31)35-13-15-36(16-14-35)57(55,56)37-28-51(29-37)41(52)12-7-20-47(2)3/h5,7-9,12-16,19,23-24,31-32,37-39,46H,4,6,10-11,17-18,20-22,25-30H2,1-3H3,(H,53,54)/b12-7+/t38-,39-,43-/m0/s1. The fourth-order valence-corrected chi connectivity index (χ4v) is 11.7. The number of carboxylic acid groups (broad SMARTS) is 1. The van der Waals surface area contributed by atoms with Crippen molar-refractivity contribution in [1.82, 2.24) is 29.6 Å². The van der Waals surface area contributed by atoms with E-state index >= 15 is 4.39 Å². The van der Waals surface area contributed by atoms with E-state index in [4.69, 9.17) is 0 Å². The maximum Gasteiger partial charge on any atom is 0.404 e. The van der Waals surface area contributed by atoms with Crippen molar-refractivity contribution in [1.29, 1.82) is 0 Å². The van der Waals surface area contributed by atoms with E-state index in [1.54, 1.807) is 35.2 Å². The summed E-state index contributed by atoms with van der Waals surface area (Å²) in [6.45, 7) is 8.36. The Bertz CT molecular complexity index is 2000. The zero-order chi connectivity index (χ0) is 40.3.